The van der Waals surface area contributed by atoms with E-state index in [4.69, 9.17) is 9.15 Å². The fourth-order valence-corrected chi connectivity index (χ4v) is 3.74. The number of esters is 1. The van der Waals surface area contributed by atoms with Gasteiger partial charge in [-0.3, -0.25) is 4.79 Å². The quantitative estimate of drug-likeness (QED) is 0.449. The number of para-hydroxylation sites is 1. The Morgan fingerprint density at radius 2 is 1.86 bits per heavy atom. The average molecular weight is 410 g/mol. The number of hydrogen-bond acceptors (Lipinski definition) is 7. The lowest BCUT2D eigenvalue weighted by Crippen LogP contribution is -2.15. The third-order valence-corrected chi connectivity index (χ3v) is 5.50. The highest BCUT2D eigenvalue weighted by molar-refractivity contribution is 7.13. The summed E-state index contributed by atoms with van der Waals surface area (Å²) < 4.78 is 10.8. The number of carbonyl (C=O) groups excluding carboxylic acids is 2. The summed E-state index contributed by atoms with van der Waals surface area (Å²) in [5, 5.41) is 6.50. The Morgan fingerprint density at radius 3 is 2.64 bits per heavy atom. The van der Waals surface area contributed by atoms with Gasteiger partial charge in [-0.05, 0) is 35.0 Å². The number of nitrogens with one attached hydrogen (secondary N) is 1. The van der Waals surface area contributed by atoms with E-state index in [9.17, 15) is 9.59 Å². The number of hydrogen-bond donors (Lipinski definition) is 1. The molecule has 0 aliphatic heterocycles. The molecule has 1 N–H and O–H groups in total. The molecule has 140 valence electrons. The Bertz CT molecular complexity index is 1090. The second kappa shape index (κ2) is 8.20. The second-order valence-corrected chi connectivity index (χ2v) is 7.57. The fraction of sp³-hybridized carbons (Fsp3) is 0.0500. The Kier molecular flexibility index (Phi) is 5.31. The maximum Gasteiger partial charge on any atom is 0.340 e. The number of nitrogens with zero attached hydrogens (tertiary/aromatic N) is 1. The summed E-state index contributed by atoms with van der Waals surface area (Å²) in [5.74, 6) is -0.334. The molecule has 4 rings (SSSR count). The Hall–Kier alpha value is -3.23. The number of anilines is 1. The first-order valence-electron chi connectivity index (χ1n) is 8.30. The van der Waals surface area contributed by atoms with Gasteiger partial charge in [0.05, 0.1) is 21.0 Å². The molecule has 0 saturated carbocycles. The standard InChI is InChI=1S/C20H14N2O4S2/c23-18(16-7-3-9-27-16)22-15-6-2-1-5-14(15)20(24)26-12-13-11-25-19(21-13)17-8-4-10-28-17/h1-11H,12H2,(H,22,23). The van der Waals surface area contributed by atoms with E-state index in [1.807, 2.05) is 22.9 Å². The molecule has 1 amide bonds. The minimum absolute atomic E-state index is 0.0269. The molecule has 4 aromatic rings. The van der Waals surface area contributed by atoms with Gasteiger partial charge in [0.15, 0.2) is 0 Å². The minimum atomic E-state index is -0.553. The molecule has 0 fully saturated rings. The van der Waals surface area contributed by atoms with Gasteiger partial charge in [-0.15, -0.1) is 22.7 Å². The van der Waals surface area contributed by atoms with Crippen LogP contribution in [-0.4, -0.2) is 16.9 Å². The number of benzene rings is 1. The Labute approximate surface area is 168 Å². The van der Waals surface area contributed by atoms with Crippen LogP contribution in [0.25, 0.3) is 10.8 Å². The van der Waals surface area contributed by atoms with Gasteiger partial charge in [0, 0.05) is 0 Å². The maximum atomic E-state index is 12.5. The van der Waals surface area contributed by atoms with Crippen LogP contribution in [0.1, 0.15) is 25.7 Å². The van der Waals surface area contributed by atoms with Crippen LogP contribution in [0.4, 0.5) is 5.69 Å². The van der Waals surface area contributed by atoms with Crippen molar-refractivity contribution in [1.82, 2.24) is 4.98 Å². The van der Waals surface area contributed by atoms with Gasteiger partial charge < -0.3 is 14.5 Å². The fourth-order valence-electron chi connectivity index (χ4n) is 2.47. The predicted octanol–water partition coefficient (Wildman–Crippen LogP) is 5.07. The molecule has 8 heteroatoms. The highest BCUT2D eigenvalue weighted by atomic mass is 32.1. The van der Waals surface area contributed by atoms with Gasteiger partial charge in [0.1, 0.15) is 18.6 Å². The van der Waals surface area contributed by atoms with Crippen molar-refractivity contribution >= 4 is 40.2 Å². The molecule has 0 radical (unpaired) electrons. The van der Waals surface area contributed by atoms with Crippen molar-refractivity contribution in [2.75, 3.05) is 5.32 Å². The van der Waals surface area contributed by atoms with E-state index in [1.165, 1.54) is 28.9 Å². The van der Waals surface area contributed by atoms with Crippen LogP contribution in [0.3, 0.4) is 0 Å². The van der Waals surface area contributed by atoms with E-state index in [-0.39, 0.29) is 18.1 Å². The molecule has 0 bridgehead atoms. The average Bonchev–Trinajstić information content (AvgIpc) is 3.48. The van der Waals surface area contributed by atoms with Crippen molar-refractivity contribution in [2.45, 2.75) is 6.61 Å². The topological polar surface area (TPSA) is 81.4 Å². The van der Waals surface area contributed by atoms with Crippen LogP contribution < -0.4 is 5.32 Å². The lowest BCUT2D eigenvalue weighted by Gasteiger charge is -2.09. The Balaban J connectivity index is 1.43. The summed E-state index contributed by atoms with van der Waals surface area (Å²) in [7, 11) is 0. The van der Waals surface area contributed by atoms with Crippen molar-refractivity contribution in [1.29, 1.82) is 0 Å². The molecule has 28 heavy (non-hydrogen) atoms. The first-order chi connectivity index (χ1) is 13.7. The summed E-state index contributed by atoms with van der Waals surface area (Å²) in [6.07, 6.45) is 1.47. The van der Waals surface area contributed by atoms with Crippen molar-refractivity contribution in [3.8, 4) is 10.8 Å². The smallest absolute Gasteiger partial charge is 0.340 e. The molecular formula is C20H14N2O4S2. The summed E-state index contributed by atoms with van der Waals surface area (Å²) in [6.45, 7) is -0.0269. The first kappa shape index (κ1) is 18.1. The summed E-state index contributed by atoms with van der Waals surface area (Å²) in [6, 6.07) is 14.0. The summed E-state index contributed by atoms with van der Waals surface area (Å²) in [5.41, 5.74) is 1.18. The van der Waals surface area contributed by atoms with Crippen molar-refractivity contribution in [3.63, 3.8) is 0 Å². The van der Waals surface area contributed by atoms with E-state index >= 15 is 0 Å². The van der Waals surface area contributed by atoms with Gasteiger partial charge in [0.2, 0.25) is 5.89 Å². The largest absolute Gasteiger partial charge is 0.455 e. The van der Waals surface area contributed by atoms with Crippen LogP contribution in [-0.2, 0) is 11.3 Å². The highest BCUT2D eigenvalue weighted by Crippen LogP contribution is 2.24. The van der Waals surface area contributed by atoms with E-state index < -0.39 is 5.97 Å². The molecule has 1 aromatic carbocycles. The number of thiophene rings is 2. The lowest BCUT2D eigenvalue weighted by molar-refractivity contribution is 0.0469. The monoisotopic (exact) mass is 410 g/mol. The number of oxazole rings is 1. The van der Waals surface area contributed by atoms with Gasteiger partial charge in [0.25, 0.3) is 5.91 Å². The normalized spacial score (nSPS) is 10.6. The molecule has 0 atom stereocenters. The summed E-state index contributed by atoms with van der Waals surface area (Å²) >= 11 is 2.84. The minimum Gasteiger partial charge on any atom is -0.455 e. The first-order valence-corrected chi connectivity index (χ1v) is 10.1. The number of aromatic nitrogens is 1. The van der Waals surface area contributed by atoms with Crippen LogP contribution in [0, 0.1) is 0 Å². The number of carbonyl (C=O) groups is 2. The molecule has 0 aliphatic carbocycles. The molecule has 3 heterocycles. The molecule has 0 aliphatic rings. The van der Waals surface area contributed by atoms with Crippen molar-refractivity contribution in [2.24, 2.45) is 0 Å². The molecular weight excluding hydrogens is 396 g/mol. The Morgan fingerprint density at radius 1 is 1.04 bits per heavy atom. The van der Waals surface area contributed by atoms with Gasteiger partial charge in [-0.1, -0.05) is 24.3 Å². The molecule has 6 nitrogen and oxygen atoms in total. The molecule has 0 spiro atoms. The maximum absolute atomic E-state index is 12.5. The SMILES string of the molecule is O=C(Nc1ccccc1C(=O)OCc1coc(-c2cccs2)n1)c1cccs1. The van der Waals surface area contributed by atoms with Crippen LogP contribution >= 0.6 is 22.7 Å². The zero-order valence-corrected chi connectivity index (χ0v) is 16.1. The van der Waals surface area contributed by atoms with Gasteiger partial charge in [-0.25, -0.2) is 9.78 Å². The van der Waals surface area contributed by atoms with E-state index in [0.29, 0.717) is 22.1 Å². The van der Waals surface area contributed by atoms with Crippen LogP contribution in [0.15, 0.2) is 70.0 Å². The number of amides is 1. The van der Waals surface area contributed by atoms with E-state index in [1.54, 1.807) is 36.4 Å². The van der Waals surface area contributed by atoms with Crippen LogP contribution in [0.5, 0.6) is 0 Å². The molecule has 0 unspecified atom stereocenters. The molecule has 0 saturated heterocycles. The van der Waals surface area contributed by atoms with Crippen molar-refractivity contribution < 1.29 is 18.7 Å². The summed E-state index contributed by atoms with van der Waals surface area (Å²) in [4.78, 5) is 30.6. The van der Waals surface area contributed by atoms with E-state index in [0.717, 1.165) is 4.88 Å². The van der Waals surface area contributed by atoms with Gasteiger partial charge >= 0.3 is 5.97 Å². The zero-order valence-electron chi connectivity index (χ0n) is 14.5. The van der Waals surface area contributed by atoms with Gasteiger partial charge in [-0.2, -0.15) is 0 Å². The van der Waals surface area contributed by atoms with Crippen LogP contribution in [0.2, 0.25) is 0 Å². The number of ether oxygens (including phenoxy) is 1. The second-order valence-electron chi connectivity index (χ2n) is 5.67. The van der Waals surface area contributed by atoms with Crippen molar-refractivity contribution in [3.05, 3.63) is 81.7 Å². The third-order valence-electron chi connectivity index (χ3n) is 3.77. The molecule has 3 aromatic heterocycles. The highest BCUT2D eigenvalue weighted by Gasteiger charge is 2.17. The van der Waals surface area contributed by atoms with E-state index in [2.05, 4.69) is 10.3 Å². The third kappa shape index (κ3) is 4.03. The lowest BCUT2D eigenvalue weighted by atomic mass is 10.1. The predicted molar refractivity (Wildman–Crippen MR) is 108 cm³/mol. The number of rotatable bonds is 6. The zero-order chi connectivity index (χ0) is 19.3.